The van der Waals surface area contributed by atoms with E-state index in [4.69, 9.17) is 25.8 Å². The summed E-state index contributed by atoms with van der Waals surface area (Å²) in [4.78, 5) is 23.3. The van der Waals surface area contributed by atoms with Crippen LogP contribution in [-0.4, -0.2) is 31.3 Å². The van der Waals surface area contributed by atoms with Gasteiger partial charge in [0, 0.05) is 12.1 Å². The Morgan fingerprint density at radius 1 is 1.42 bits per heavy atom. The van der Waals surface area contributed by atoms with Crippen molar-refractivity contribution < 1.29 is 23.8 Å². The van der Waals surface area contributed by atoms with E-state index in [1.54, 1.807) is 12.1 Å². The predicted octanol–water partition coefficient (Wildman–Crippen LogP) is 2.93. The fraction of sp³-hybridized carbons (Fsp3) is 0.412. The lowest BCUT2D eigenvalue weighted by Gasteiger charge is -2.12. The van der Waals surface area contributed by atoms with Crippen molar-refractivity contribution in [3.05, 3.63) is 28.8 Å². The van der Waals surface area contributed by atoms with Gasteiger partial charge < -0.3 is 19.5 Å². The van der Waals surface area contributed by atoms with E-state index in [0.29, 0.717) is 22.1 Å². The van der Waals surface area contributed by atoms with Crippen molar-refractivity contribution in [1.29, 1.82) is 0 Å². The lowest BCUT2D eigenvalue weighted by atomic mass is 10.2. The fourth-order valence-electron chi connectivity index (χ4n) is 2.25. The molecule has 130 valence electrons. The molecule has 1 aromatic rings. The molecule has 7 heteroatoms. The maximum absolute atomic E-state index is 11.7. The maximum atomic E-state index is 11.7. The summed E-state index contributed by atoms with van der Waals surface area (Å²) in [6.07, 6.45) is 4.62. The number of benzene rings is 1. The minimum absolute atomic E-state index is 0.0625. The van der Waals surface area contributed by atoms with Gasteiger partial charge in [-0.05, 0) is 37.1 Å². The van der Waals surface area contributed by atoms with Gasteiger partial charge in [-0.2, -0.15) is 0 Å². The smallest absolute Gasteiger partial charge is 0.331 e. The van der Waals surface area contributed by atoms with Crippen molar-refractivity contribution in [3.8, 4) is 11.5 Å². The summed E-state index contributed by atoms with van der Waals surface area (Å²) >= 11 is 6.06. The number of ether oxygens (including phenoxy) is 3. The lowest BCUT2D eigenvalue weighted by molar-refractivity contribution is -0.144. The van der Waals surface area contributed by atoms with Crippen molar-refractivity contribution in [2.24, 2.45) is 0 Å². The zero-order valence-corrected chi connectivity index (χ0v) is 14.4. The number of amides is 1. The van der Waals surface area contributed by atoms with Gasteiger partial charge in [-0.3, -0.25) is 4.79 Å². The van der Waals surface area contributed by atoms with Crippen LogP contribution in [0.4, 0.5) is 0 Å². The first-order valence-corrected chi connectivity index (χ1v) is 8.10. The normalized spacial score (nSPS) is 13.8. The number of fused-ring (bicyclic) bond motifs is 1. The van der Waals surface area contributed by atoms with E-state index in [1.165, 1.54) is 12.2 Å². The maximum Gasteiger partial charge on any atom is 0.331 e. The molecule has 0 aliphatic carbocycles. The Kier molecular flexibility index (Phi) is 6.49. The van der Waals surface area contributed by atoms with Gasteiger partial charge in [0.1, 0.15) is 0 Å². The molecule has 0 saturated heterocycles. The van der Waals surface area contributed by atoms with Crippen LogP contribution >= 0.6 is 11.6 Å². The van der Waals surface area contributed by atoms with Gasteiger partial charge in [-0.1, -0.05) is 24.9 Å². The molecule has 24 heavy (non-hydrogen) atoms. The Labute approximate surface area is 145 Å². The van der Waals surface area contributed by atoms with Crippen molar-refractivity contribution in [3.63, 3.8) is 0 Å². The molecular formula is C17H20ClNO5. The molecule has 1 aliphatic heterocycles. The van der Waals surface area contributed by atoms with Crippen LogP contribution in [0.15, 0.2) is 18.2 Å². The van der Waals surface area contributed by atoms with E-state index >= 15 is 0 Å². The molecule has 0 spiro atoms. The van der Waals surface area contributed by atoms with Gasteiger partial charge >= 0.3 is 5.97 Å². The quantitative estimate of drug-likeness (QED) is 0.602. The standard InChI is InChI=1S/C17H20ClNO5/c1-3-4-11(2)19-15(20)9-22-16(21)6-5-12-7-13(18)17-14(8-12)23-10-24-17/h5-8,11H,3-4,9-10H2,1-2H3,(H,19,20)/b6-5+/t11-/m0/s1. The lowest BCUT2D eigenvalue weighted by Crippen LogP contribution is -2.35. The summed E-state index contributed by atoms with van der Waals surface area (Å²) in [5.74, 6) is 0.0972. The number of esters is 1. The van der Waals surface area contributed by atoms with Crippen LogP contribution in [0, 0.1) is 0 Å². The van der Waals surface area contributed by atoms with Crippen molar-refractivity contribution in [2.45, 2.75) is 32.7 Å². The molecule has 1 aliphatic rings. The minimum atomic E-state index is -0.609. The second-order valence-electron chi connectivity index (χ2n) is 5.43. The van der Waals surface area contributed by atoms with Crippen LogP contribution in [0.2, 0.25) is 5.02 Å². The third-order valence-corrected chi connectivity index (χ3v) is 3.62. The highest BCUT2D eigenvalue weighted by Gasteiger charge is 2.17. The summed E-state index contributed by atoms with van der Waals surface area (Å²) in [6, 6.07) is 3.42. The van der Waals surface area contributed by atoms with E-state index in [0.717, 1.165) is 12.8 Å². The van der Waals surface area contributed by atoms with Crippen molar-refractivity contribution in [1.82, 2.24) is 5.32 Å². The van der Waals surface area contributed by atoms with E-state index < -0.39 is 5.97 Å². The zero-order valence-electron chi connectivity index (χ0n) is 13.6. The monoisotopic (exact) mass is 353 g/mol. The summed E-state index contributed by atoms with van der Waals surface area (Å²) in [5, 5.41) is 3.16. The Morgan fingerprint density at radius 2 is 2.21 bits per heavy atom. The van der Waals surface area contributed by atoms with Gasteiger partial charge in [-0.25, -0.2) is 4.79 Å². The van der Waals surface area contributed by atoms with E-state index in [2.05, 4.69) is 5.32 Å². The number of nitrogens with one attached hydrogen (secondary N) is 1. The summed E-state index contributed by atoms with van der Waals surface area (Å²) in [6.45, 7) is 3.76. The van der Waals surface area contributed by atoms with Crippen LogP contribution in [0.25, 0.3) is 6.08 Å². The molecule has 0 fully saturated rings. The molecule has 1 heterocycles. The molecule has 0 unspecified atom stereocenters. The van der Waals surface area contributed by atoms with Crippen molar-refractivity contribution >= 4 is 29.6 Å². The van der Waals surface area contributed by atoms with Crippen LogP contribution in [0.5, 0.6) is 11.5 Å². The van der Waals surface area contributed by atoms with E-state index in [9.17, 15) is 9.59 Å². The Bertz CT molecular complexity index is 644. The first-order valence-electron chi connectivity index (χ1n) is 7.73. The fourth-order valence-corrected chi connectivity index (χ4v) is 2.53. The number of hydrogen-bond acceptors (Lipinski definition) is 5. The van der Waals surface area contributed by atoms with E-state index in [1.807, 2.05) is 13.8 Å². The average Bonchev–Trinajstić information content (AvgIpc) is 3.00. The highest BCUT2D eigenvalue weighted by molar-refractivity contribution is 6.32. The first-order chi connectivity index (χ1) is 11.5. The first kappa shape index (κ1) is 18.1. The van der Waals surface area contributed by atoms with Gasteiger partial charge in [-0.15, -0.1) is 0 Å². The second-order valence-corrected chi connectivity index (χ2v) is 5.84. The molecule has 1 atom stereocenters. The van der Waals surface area contributed by atoms with Gasteiger partial charge in [0.2, 0.25) is 6.79 Å². The van der Waals surface area contributed by atoms with Gasteiger partial charge in [0.05, 0.1) is 5.02 Å². The summed E-state index contributed by atoms with van der Waals surface area (Å²) in [5.41, 5.74) is 0.669. The highest BCUT2D eigenvalue weighted by Crippen LogP contribution is 2.40. The number of halogens is 1. The van der Waals surface area contributed by atoms with Gasteiger partial charge in [0.25, 0.3) is 5.91 Å². The van der Waals surface area contributed by atoms with Crippen LogP contribution in [-0.2, 0) is 14.3 Å². The molecule has 0 radical (unpaired) electrons. The predicted molar refractivity (Wildman–Crippen MR) is 90.1 cm³/mol. The SMILES string of the molecule is CCC[C@H](C)NC(=O)COC(=O)/C=C/c1cc(Cl)c2c(c1)OCO2. The Hall–Kier alpha value is -2.21. The van der Waals surface area contributed by atoms with E-state index in [-0.39, 0.29) is 25.3 Å². The van der Waals surface area contributed by atoms with Crippen LogP contribution in [0.1, 0.15) is 32.3 Å². The molecule has 1 aromatic carbocycles. The third kappa shape index (κ3) is 5.16. The minimum Gasteiger partial charge on any atom is -0.454 e. The topological polar surface area (TPSA) is 73.9 Å². The molecule has 1 amide bonds. The molecule has 2 rings (SSSR count). The molecule has 6 nitrogen and oxygen atoms in total. The molecule has 0 aromatic heterocycles. The molecule has 0 bridgehead atoms. The number of hydrogen-bond donors (Lipinski definition) is 1. The number of rotatable bonds is 7. The number of carbonyl (C=O) groups is 2. The highest BCUT2D eigenvalue weighted by atomic mass is 35.5. The Morgan fingerprint density at radius 3 is 2.96 bits per heavy atom. The molecule has 1 N–H and O–H groups in total. The number of carbonyl (C=O) groups excluding carboxylic acids is 2. The second kappa shape index (κ2) is 8.59. The summed E-state index contributed by atoms with van der Waals surface area (Å²) < 4.78 is 15.4. The largest absolute Gasteiger partial charge is 0.454 e. The van der Waals surface area contributed by atoms with Crippen LogP contribution < -0.4 is 14.8 Å². The average molecular weight is 354 g/mol. The molecular weight excluding hydrogens is 334 g/mol. The molecule has 0 saturated carbocycles. The zero-order chi connectivity index (χ0) is 17.5. The summed E-state index contributed by atoms with van der Waals surface area (Å²) in [7, 11) is 0. The van der Waals surface area contributed by atoms with Crippen LogP contribution in [0.3, 0.4) is 0 Å². The van der Waals surface area contributed by atoms with Crippen molar-refractivity contribution in [2.75, 3.05) is 13.4 Å². The third-order valence-electron chi connectivity index (χ3n) is 3.34. The van der Waals surface area contributed by atoms with Gasteiger partial charge in [0.15, 0.2) is 18.1 Å². The Balaban J connectivity index is 1.83.